The Morgan fingerprint density at radius 3 is 2.84 bits per heavy atom. The van der Waals surface area contributed by atoms with Crippen LogP contribution in [0, 0.1) is 10.1 Å². The molecule has 0 spiro atoms. The lowest BCUT2D eigenvalue weighted by Gasteiger charge is -2.06. The van der Waals surface area contributed by atoms with Crippen LogP contribution >= 0.6 is 11.8 Å². The van der Waals surface area contributed by atoms with Gasteiger partial charge in [0.1, 0.15) is 0 Å². The van der Waals surface area contributed by atoms with Gasteiger partial charge in [-0.25, -0.2) is 0 Å². The topological polar surface area (TPSA) is 92.5 Å². The smallest absolute Gasteiger partial charge is 0.311 e. The minimum atomic E-state index is -0.718. The maximum atomic E-state index is 11.8. The average Bonchev–Trinajstić information content (AvgIpc) is 2.38. The molecule has 0 aromatic heterocycles. The second-order valence-electron chi connectivity index (χ2n) is 3.89. The van der Waals surface area contributed by atoms with E-state index in [4.69, 9.17) is 0 Å². The van der Waals surface area contributed by atoms with E-state index in [2.05, 4.69) is 5.32 Å². The third-order valence-electron chi connectivity index (χ3n) is 2.52. The quantitative estimate of drug-likeness (QED) is 0.455. The second kappa shape index (κ2) is 7.63. The number of hydrogen-bond acceptors (Lipinski definition) is 5. The van der Waals surface area contributed by atoms with Gasteiger partial charge in [-0.05, 0) is 30.9 Å². The summed E-state index contributed by atoms with van der Waals surface area (Å²) in [5.74, 6) is -0.0581. The summed E-state index contributed by atoms with van der Waals surface area (Å²) in [6.45, 7) is 0.488. The van der Waals surface area contributed by atoms with Gasteiger partial charge in [-0.15, -0.1) is 0 Å². The fraction of sp³-hybridized carbons (Fsp3) is 0.417. The van der Waals surface area contributed by atoms with E-state index in [9.17, 15) is 20.0 Å². The lowest BCUT2D eigenvalue weighted by atomic mass is 10.1. The van der Waals surface area contributed by atoms with Crippen molar-refractivity contribution in [1.29, 1.82) is 0 Å². The van der Waals surface area contributed by atoms with Crippen molar-refractivity contribution in [3.05, 3.63) is 33.9 Å². The minimum Gasteiger partial charge on any atom is -0.502 e. The Morgan fingerprint density at radius 1 is 1.47 bits per heavy atom. The second-order valence-corrected chi connectivity index (χ2v) is 4.87. The van der Waals surface area contributed by atoms with Crippen LogP contribution in [0.5, 0.6) is 5.75 Å². The number of nitro groups is 1. The summed E-state index contributed by atoms with van der Waals surface area (Å²) in [4.78, 5) is 21.7. The Labute approximate surface area is 115 Å². The van der Waals surface area contributed by atoms with E-state index < -0.39 is 22.3 Å². The number of phenols is 1. The number of aromatic hydroxyl groups is 1. The Kier molecular flexibility index (Phi) is 6.14. The fourth-order valence-corrected chi connectivity index (χ4v) is 2.02. The Morgan fingerprint density at radius 2 is 2.21 bits per heavy atom. The van der Waals surface area contributed by atoms with E-state index in [-0.39, 0.29) is 5.56 Å². The Hall–Kier alpha value is -1.76. The summed E-state index contributed by atoms with van der Waals surface area (Å²) in [6.07, 6.45) is 3.84. The van der Waals surface area contributed by atoms with Crippen LogP contribution < -0.4 is 5.32 Å². The number of phenolic OH excluding ortho intramolecular Hbond substituents is 1. The molecule has 19 heavy (non-hydrogen) atoms. The monoisotopic (exact) mass is 284 g/mol. The lowest BCUT2D eigenvalue weighted by Crippen LogP contribution is -2.24. The lowest BCUT2D eigenvalue weighted by molar-refractivity contribution is -0.385. The highest BCUT2D eigenvalue weighted by Gasteiger charge is 2.20. The number of para-hydroxylation sites is 1. The Balaban J connectivity index is 2.62. The number of rotatable bonds is 7. The molecule has 104 valence electrons. The normalized spacial score (nSPS) is 10.2. The molecule has 0 bridgehead atoms. The molecule has 2 N–H and O–H groups in total. The first-order chi connectivity index (χ1) is 9.07. The van der Waals surface area contributed by atoms with Crippen LogP contribution in [0.2, 0.25) is 0 Å². The van der Waals surface area contributed by atoms with Crippen LogP contribution in [0.25, 0.3) is 0 Å². The molecular weight excluding hydrogens is 268 g/mol. The van der Waals surface area contributed by atoms with Gasteiger partial charge in [0.2, 0.25) is 5.75 Å². The predicted molar refractivity (Wildman–Crippen MR) is 74.7 cm³/mol. The number of hydrogen-bond donors (Lipinski definition) is 2. The number of carbonyl (C=O) groups excluding carboxylic acids is 1. The molecule has 1 aromatic rings. The van der Waals surface area contributed by atoms with E-state index in [1.54, 1.807) is 11.8 Å². The van der Waals surface area contributed by atoms with Crippen LogP contribution in [-0.4, -0.2) is 34.5 Å². The first-order valence-corrected chi connectivity index (χ1v) is 7.20. The van der Waals surface area contributed by atoms with Crippen LogP contribution in [0.15, 0.2) is 18.2 Å². The standard InChI is InChI=1S/C12H16N2O4S/c1-19-8-3-2-7-13-12(16)9-5-4-6-10(11(9)15)14(17)18/h4-6,15H,2-3,7-8H2,1H3,(H,13,16). The van der Waals surface area contributed by atoms with Crippen molar-refractivity contribution in [2.24, 2.45) is 0 Å². The third kappa shape index (κ3) is 4.44. The minimum absolute atomic E-state index is 0.0703. The molecule has 0 heterocycles. The molecule has 1 rings (SSSR count). The molecule has 6 nitrogen and oxygen atoms in total. The average molecular weight is 284 g/mol. The molecule has 1 amide bonds. The molecule has 0 saturated heterocycles. The summed E-state index contributed by atoms with van der Waals surface area (Å²) in [5, 5.41) is 22.9. The van der Waals surface area contributed by atoms with Gasteiger partial charge in [0.15, 0.2) is 0 Å². The van der Waals surface area contributed by atoms with Crippen LogP contribution in [0.1, 0.15) is 23.2 Å². The number of nitrogens with zero attached hydrogens (tertiary/aromatic N) is 1. The third-order valence-corrected chi connectivity index (χ3v) is 3.21. The number of thioether (sulfide) groups is 1. The SMILES string of the molecule is CSCCCCNC(=O)c1cccc([N+](=O)[O-])c1O. The van der Waals surface area contributed by atoms with Crippen molar-refractivity contribution in [2.75, 3.05) is 18.6 Å². The zero-order chi connectivity index (χ0) is 14.3. The number of nitro benzene ring substituents is 1. The number of nitrogens with one attached hydrogen (secondary N) is 1. The summed E-state index contributed by atoms with van der Waals surface area (Å²) >= 11 is 1.74. The van der Waals surface area contributed by atoms with Gasteiger partial charge >= 0.3 is 5.69 Å². The van der Waals surface area contributed by atoms with Gasteiger partial charge in [0.25, 0.3) is 5.91 Å². The molecule has 0 aliphatic rings. The van der Waals surface area contributed by atoms with E-state index >= 15 is 0 Å². The van der Waals surface area contributed by atoms with Gasteiger partial charge < -0.3 is 10.4 Å². The summed E-state index contributed by atoms with van der Waals surface area (Å²) in [6, 6.07) is 3.89. The van der Waals surface area contributed by atoms with Crippen molar-refractivity contribution in [1.82, 2.24) is 5.32 Å². The van der Waals surface area contributed by atoms with Crippen LogP contribution in [0.4, 0.5) is 5.69 Å². The highest BCUT2D eigenvalue weighted by Crippen LogP contribution is 2.28. The molecule has 0 aliphatic heterocycles. The van der Waals surface area contributed by atoms with Crippen molar-refractivity contribution >= 4 is 23.4 Å². The van der Waals surface area contributed by atoms with Crippen LogP contribution in [0.3, 0.4) is 0 Å². The molecule has 1 aromatic carbocycles. The fourth-order valence-electron chi connectivity index (χ4n) is 1.53. The molecule has 0 saturated carbocycles. The van der Waals surface area contributed by atoms with Crippen molar-refractivity contribution in [3.63, 3.8) is 0 Å². The van der Waals surface area contributed by atoms with Gasteiger partial charge in [-0.2, -0.15) is 11.8 Å². The van der Waals surface area contributed by atoms with Gasteiger partial charge in [0, 0.05) is 12.6 Å². The first-order valence-electron chi connectivity index (χ1n) is 5.81. The number of unbranched alkanes of at least 4 members (excludes halogenated alkanes) is 1. The molecule has 0 unspecified atom stereocenters. The largest absolute Gasteiger partial charge is 0.502 e. The van der Waals surface area contributed by atoms with E-state index in [1.807, 2.05) is 6.26 Å². The van der Waals surface area contributed by atoms with E-state index in [0.717, 1.165) is 24.7 Å². The maximum Gasteiger partial charge on any atom is 0.311 e. The van der Waals surface area contributed by atoms with Crippen molar-refractivity contribution in [3.8, 4) is 5.75 Å². The van der Waals surface area contributed by atoms with Gasteiger partial charge in [0.05, 0.1) is 10.5 Å². The number of benzene rings is 1. The van der Waals surface area contributed by atoms with Crippen molar-refractivity contribution in [2.45, 2.75) is 12.8 Å². The highest BCUT2D eigenvalue weighted by atomic mass is 32.2. The molecule has 7 heteroatoms. The molecule has 0 aliphatic carbocycles. The van der Waals surface area contributed by atoms with E-state index in [1.165, 1.54) is 12.1 Å². The highest BCUT2D eigenvalue weighted by molar-refractivity contribution is 7.98. The van der Waals surface area contributed by atoms with Gasteiger partial charge in [-0.3, -0.25) is 14.9 Å². The van der Waals surface area contributed by atoms with Gasteiger partial charge in [-0.1, -0.05) is 6.07 Å². The van der Waals surface area contributed by atoms with E-state index in [0.29, 0.717) is 6.54 Å². The summed E-state index contributed by atoms with van der Waals surface area (Å²) < 4.78 is 0. The molecule has 0 radical (unpaired) electrons. The Bertz CT molecular complexity index is 465. The molecular formula is C12H16N2O4S. The maximum absolute atomic E-state index is 11.8. The predicted octanol–water partition coefficient (Wildman–Crippen LogP) is 2.17. The van der Waals surface area contributed by atoms with Crippen LogP contribution in [-0.2, 0) is 0 Å². The zero-order valence-electron chi connectivity index (χ0n) is 10.6. The molecule has 0 atom stereocenters. The zero-order valence-corrected chi connectivity index (χ0v) is 11.4. The first kappa shape index (κ1) is 15.3. The molecule has 0 fully saturated rings. The van der Waals surface area contributed by atoms with Crippen molar-refractivity contribution < 1.29 is 14.8 Å². The number of carbonyl (C=O) groups is 1. The summed E-state index contributed by atoms with van der Waals surface area (Å²) in [5.41, 5.74) is -0.533. The number of amides is 1. The summed E-state index contributed by atoms with van der Waals surface area (Å²) in [7, 11) is 0.